The van der Waals surface area contributed by atoms with Crippen molar-refractivity contribution >= 4 is 5.69 Å². The topological polar surface area (TPSA) is 52.0 Å². The second kappa shape index (κ2) is 6.22. The summed E-state index contributed by atoms with van der Waals surface area (Å²) in [4.78, 5) is 4.25. The molecule has 0 aromatic carbocycles. The average molecular weight is 260 g/mol. The zero-order valence-electron chi connectivity index (χ0n) is 11.6. The summed E-state index contributed by atoms with van der Waals surface area (Å²) < 4.78 is 7.57. The lowest BCUT2D eigenvalue weighted by Gasteiger charge is -2.13. The highest BCUT2D eigenvalue weighted by atomic mass is 16.5. The van der Waals surface area contributed by atoms with Crippen LogP contribution in [0.15, 0.2) is 30.7 Å². The lowest BCUT2D eigenvalue weighted by Crippen LogP contribution is -2.09. The highest BCUT2D eigenvalue weighted by molar-refractivity contribution is 5.52. The number of hydrogen-bond acceptors (Lipinski definition) is 4. The molecule has 2 rings (SSSR count). The van der Waals surface area contributed by atoms with Crippen LogP contribution in [-0.2, 0) is 13.1 Å². The average Bonchev–Trinajstić information content (AvgIpc) is 2.85. The third kappa shape index (κ3) is 3.71. The van der Waals surface area contributed by atoms with Crippen LogP contribution in [0.1, 0.15) is 26.3 Å². The standard InChI is InChI=1S/C14H20N4O/c1-4-18-10-12(9-17-18)8-16-13-6-5-7-15-14(13)19-11(2)3/h5-7,9-11,16H,4,8H2,1-3H3. The van der Waals surface area contributed by atoms with Gasteiger partial charge >= 0.3 is 0 Å². The van der Waals surface area contributed by atoms with Crippen molar-refractivity contribution in [1.29, 1.82) is 0 Å². The highest BCUT2D eigenvalue weighted by Crippen LogP contribution is 2.22. The van der Waals surface area contributed by atoms with Crippen LogP contribution >= 0.6 is 0 Å². The molecule has 2 aromatic rings. The second-order valence-electron chi connectivity index (χ2n) is 4.58. The Kier molecular flexibility index (Phi) is 4.39. The molecule has 0 saturated heterocycles. The molecule has 1 N–H and O–H groups in total. The molecular formula is C14H20N4O. The first-order valence-electron chi connectivity index (χ1n) is 6.56. The van der Waals surface area contributed by atoms with E-state index in [1.807, 2.05) is 43.1 Å². The van der Waals surface area contributed by atoms with Gasteiger partial charge in [0.2, 0.25) is 5.88 Å². The van der Waals surface area contributed by atoms with E-state index in [2.05, 4.69) is 22.3 Å². The summed E-state index contributed by atoms with van der Waals surface area (Å²) >= 11 is 0. The first-order chi connectivity index (χ1) is 9.19. The monoisotopic (exact) mass is 260 g/mol. The molecule has 2 heterocycles. The zero-order chi connectivity index (χ0) is 13.7. The van der Waals surface area contributed by atoms with Crippen molar-refractivity contribution in [1.82, 2.24) is 14.8 Å². The Labute approximate surface area is 113 Å². The summed E-state index contributed by atoms with van der Waals surface area (Å²) in [7, 11) is 0. The second-order valence-corrected chi connectivity index (χ2v) is 4.58. The molecule has 5 nitrogen and oxygen atoms in total. The molecule has 0 aliphatic heterocycles. The SMILES string of the molecule is CCn1cc(CNc2cccnc2OC(C)C)cn1. The fraction of sp³-hybridized carbons (Fsp3) is 0.429. The van der Waals surface area contributed by atoms with Crippen LogP contribution in [0.3, 0.4) is 0 Å². The molecule has 102 valence electrons. The number of anilines is 1. The van der Waals surface area contributed by atoms with Crippen molar-refractivity contribution < 1.29 is 4.74 Å². The molecule has 0 unspecified atom stereocenters. The van der Waals surface area contributed by atoms with E-state index in [4.69, 9.17) is 4.74 Å². The molecule has 5 heteroatoms. The van der Waals surface area contributed by atoms with Crippen molar-refractivity contribution in [2.45, 2.75) is 40.0 Å². The molecule has 0 bridgehead atoms. The van der Waals surface area contributed by atoms with E-state index >= 15 is 0 Å². The van der Waals surface area contributed by atoms with E-state index in [9.17, 15) is 0 Å². The minimum Gasteiger partial charge on any atom is -0.473 e. The van der Waals surface area contributed by atoms with E-state index in [1.165, 1.54) is 0 Å². The smallest absolute Gasteiger partial charge is 0.237 e. The zero-order valence-corrected chi connectivity index (χ0v) is 11.6. The van der Waals surface area contributed by atoms with E-state index in [-0.39, 0.29) is 6.10 Å². The Hall–Kier alpha value is -2.04. The van der Waals surface area contributed by atoms with Crippen LogP contribution < -0.4 is 10.1 Å². The predicted molar refractivity (Wildman–Crippen MR) is 75.2 cm³/mol. The third-order valence-electron chi connectivity index (χ3n) is 2.61. The number of ether oxygens (including phenoxy) is 1. The fourth-order valence-electron chi connectivity index (χ4n) is 1.71. The molecule has 19 heavy (non-hydrogen) atoms. The summed E-state index contributed by atoms with van der Waals surface area (Å²) in [6, 6.07) is 3.86. The van der Waals surface area contributed by atoms with Gasteiger partial charge in [-0.25, -0.2) is 4.98 Å². The molecule has 0 atom stereocenters. The van der Waals surface area contributed by atoms with Crippen molar-refractivity contribution in [3.05, 3.63) is 36.3 Å². The summed E-state index contributed by atoms with van der Waals surface area (Å²) in [6.07, 6.45) is 5.75. The summed E-state index contributed by atoms with van der Waals surface area (Å²) in [5.41, 5.74) is 2.04. The fourth-order valence-corrected chi connectivity index (χ4v) is 1.71. The van der Waals surface area contributed by atoms with Crippen molar-refractivity contribution in [3.8, 4) is 5.88 Å². The molecular weight excluding hydrogens is 240 g/mol. The third-order valence-corrected chi connectivity index (χ3v) is 2.61. The maximum atomic E-state index is 5.67. The largest absolute Gasteiger partial charge is 0.473 e. The minimum atomic E-state index is 0.110. The molecule has 0 amide bonds. The number of aromatic nitrogens is 3. The quantitative estimate of drug-likeness (QED) is 0.867. The van der Waals surface area contributed by atoms with Gasteiger partial charge in [0.25, 0.3) is 0 Å². The minimum absolute atomic E-state index is 0.110. The van der Waals surface area contributed by atoms with Crippen LogP contribution in [0.4, 0.5) is 5.69 Å². The van der Waals surface area contributed by atoms with E-state index < -0.39 is 0 Å². The summed E-state index contributed by atoms with van der Waals surface area (Å²) in [6.45, 7) is 7.64. The lowest BCUT2D eigenvalue weighted by molar-refractivity contribution is 0.234. The molecule has 0 radical (unpaired) electrons. The van der Waals surface area contributed by atoms with Gasteiger partial charge < -0.3 is 10.1 Å². The maximum Gasteiger partial charge on any atom is 0.237 e. The number of nitrogens with zero attached hydrogens (tertiary/aromatic N) is 3. The Morgan fingerprint density at radius 3 is 2.95 bits per heavy atom. The summed E-state index contributed by atoms with van der Waals surface area (Å²) in [5, 5.41) is 7.58. The van der Waals surface area contributed by atoms with Crippen molar-refractivity contribution in [3.63, 3.8) is 0 Å². The van der Waals surface area contributed by atoms with Gasteiger partial charge in [-0.05, 0) is 32.9 Å². The molecule has 0 fully saturated rings. The Morgan fingerprint density at radius 2 is 2.26 bits per heavy atom. The van der Waals surface area contributed by atoms with Gasteiger partial charge in [-0.3, -0.25) is 4.68 Å². The highest BCUT2D eigenvalue weighted by Gasteiger charge is 2.06. The van der Waals surface area contributed by atoms with Crippen molar-refractivity contribution in [2.24, 2.45) is 0 Å². The normalized spacial score (nSPS) is 10.7. The number of pyridine rings is 1. The molecule has 0 aliphatic rings. The molecule has 0 spiro atoms. The van der Waals surface area contributed by atoms with Gasteiger partial charge in [-0.2, -0.15) is 5.10 Å². The van der Waals surface area contributed by atoms with E-state index in [1.54, 1.807) is 6.20 Å². The maximum absolute atomic E-state index is 5.67. The van der Waals surface area contributed by atoms with E-state index in [0.717, 1.165) is 17.8 Å². The van der Waals surface area contributed by atoms with Gasteiger partial charge in [0, 0.05) is 31.0 Å². The van der Waals surface area contributed by atoms with Crippen LogP contribution in [0.5, 0.6) is 5.88 Å². The van der Waals surface area contributed by atoms with Gasteiger partial charge in [0.15, 0.2) is 0 Å². The van der Waals surface area contributed by atoms with Crippen LogP contribution in [0.25, 0.3) is 0 Å². The lowest BCUT2D eigenvalue weighted by atomic mass is 10.3. The predicted octanol–water partition coefficient (Wildman–Crippen LogP) is 2.70. The molecule has 0 aliphatic carbocycles. The Bertz CT molecular complexity index is 522. The van der Waals surface area contributed by atoms with Gasteiger partial charge in [-0.1, -0.05) is 0 Å². The number of nitrogens with one attached hydrogen (secondary N) is 1. The van der Waals surface area contributed by atoms with E-state index in [0.29, 0.717) is 12.4 Å². The summed E-state index contributed by atoms with van der Waals surface area (Å²) in [5.74, 6) is 0.639. The first kappa shape index (κ1) is 13.4. The Balaban J connectivity index is 2.02. The van der Waals surface area contributed by atoms with Crippen molar-refractivity contribution in [2.75, 3.05) is 5.32 Å². The van der Waals surface area contributed by atoms with Crippen LogP contribution in [0, 0.1) is 0 Å². The first-order valence-corrected chi connectivity index (χ1v) is 6.56. The molecule has 0 saturated carbocycles. The van der Waals surface area contributed by atoms with Crippen LogP contribution in [-0.4, -0.2) is 20.9 Å². The Morgan fingerprint density at radius 1 is 1.42 bits per heavy atom. The van der Waals surface area contributed by atoms with Gasteiger partial charge in [0.1, 0.15) is 0 Å². The molecule has 2 aromatic heterocycles. The number of rotatable bonds is 6. The number of hydrogen-bond donors (Lipinski definition) is 1. The van der Waals surface area contributed by atoms with Gasteiger partial charge in [0.05, 0.1) is 18.0 Å². The number of aryl methyl sites for hydroxylation is 1. The van der Waals surface area contributed by atoms with Crippen LogP contribution in [0.2, 0.25) is 0 Å². The van der Waals surface area contributed by atoms with Gasteiger partial charge in [-0.15, -0.1) is 0 Å².